The van der Waals surface area contributed by atoms with E-state index < -0.39 is 35.9 Å². The van der Waals surface area contributed by atoms with Crippen LogP contribution in [-0.2, 0) is 4.74 Å². The van der Waals surface area contributed by atoms with Crippen LogP contribution in [0.5, 0.6) is 0 Å². The minimum Gasteiger partial charge on any atom is -0.447 e. The molecule has 0 saturated heterocycles. The standard InChI is InChI=1S/C12H13F6N3O2/c1-7(2)23-9(22)21-10(11(13,14)15,12(16,17)18)20-8-4-3-5-19-6-8/h3-7,20H,1-2H3,(H,21,22). The van der Waals surface area contributed by atoms with E-state index in [0.717, 1.165) is 29.8 Å². The quantitative estimate of drug-likeness (QED) is 0.648. The SMILES string of the molecule is CC(C)OC(=O)NC(Nc1cccnc1)(C(F)(F)F)C(F)(F)F. The van der Waals surface area contributed by atoms with Crippen molar-refractivity contribution >= 4 is 11.8 Å². The number of ether oxygens (including phenoxy) is 1. The Morgan fingerprint density at radius 2 is 1.74 bits per heavy atom. The van der Waals surface area contributed by atoms with Crippen LogP contribution < -0.4 is 10.6 Å². The van der Waals surface area contributed by atoms with Crippen molar-refractivity contribution < 1.29 is 35.9 Å². The maximum atomic E-state index is 13.2. The highest BCUT2D eigenvalue weighted by molar-refractivity contribution is 5.70. The zero-order valence-corrected chi connectivity index (χ0v) is 11.9. The number of hydrogen-bond donors (Lipinski definition) is 2. The molecule has 1 rings (SSSR count). The van der Waals surface area contributed by atoms with E-state index in [1.54, 1.807) is 0 Å². The van der Waals surface area contributed by atoms with Gasteiger partial charge in [0, 0.05) is 6.20 Å². The van der Waals surface area contributed by atoms with Gasteiger partial charge in [0.05, 0.1) is 18.0 Å². The van der Waals surface area contributed by atoms with Crippen LogP contribution in [0.1, 0.15) is 13.8 Å². The number of rotatable bonds is 4. The smallest absolute Gasteiger partial charge is 0.439 e. The maximum Gasteiger partial charge on any atom is 0.439 e. The second-order valence-electron chi connectivity index (χ2n) is 4.69. The van der Waals surface area contributed by atoms with Gasteiger partial charge in [0.2, 0.25) is 0 Å². The molecule has 5 nitrogen and oxygen atoms in total. The zero-order valence-electron chi connectivity index (χ0n) is 11.9. The van der Waals surface area contributed by atoms with Crippen molar-refractivity contribution in [2.75, 3.05) is 5.32 Å². The molecule has 23 heavy (non-hydrogen) atoms. The van der Waals surface area contributed by atoms with E-state index in [2.05, 4.69) is 9.72 Å². The Labute approximate surface area is 127 Å². The molecule has 0 aliphatic rings. The molecule has 0 saturated carbocycles. The molecule has 0 radical (unpaired) electrons. The fourth-order valence-corrected chi connectivity index (χ4v) is 1.53. The fourth-order valence-electron chi connectivity index (χ4n) is 1.53. The molecule has 0 aliphatic heterocycles. The molecule has 130 valence electrons. The topological polar surface area (TPSA) is 63.2 Å². The van der Waals surface area contributed by atoms with Gasteiger partial charge in [0.15, 0.2) is 0 Å². The number of amides is 1. The minimum absolute atomic E-state index is 0.591. The van der Waals surface area contributed by atoms with E-state index >= 15 is 0 Å². The zero-order chi connectivity index (χ0) is 17.9. The summed E-state index contributed by atoms with van der Waals surface area (Å²) in [5, 5.41) is 2.09. The van der Waals surface area contributed by atoms with Crippen molar-refractivity contribution in [2.45, 2.75) is 38.0 Å². The highest BCUT2D eigenvalue weighted by Gasteiger charge is 2.73. The van der Waals surface area contributed by atoms with Crippen LogP contribution in [-0.4, -0.2) is 35.2 Å². The maximum absolute atomic E-state index is 13.2. The van der Waals surface area contributed by atoms with Crippen LogP contribution in [0.3, 0.4) is 0 Å². The molecule has 1 aromatic heterocycles. The molecule has 1 heterocycles. The van der Waals surface area contributed by atoms with Gasteiger partial charge < -0.3 is 10.1 Å². The Balaban J connectivity index is 3.29. The third kappa shape index (κ3) is 4.39. The van der Waals surface area contributed by atoms with Crippen LogP contribution >= 0.6 is 0 Å². The summed E-state index contributed by atoms with van der Waals surface area (Å²) in [6.07, 6.45) is -12.7. The fraction of sp³-hybridized carbons (Fsp3) is 0.500. The first-order chi connectivity index (χ1) is 10.4. The van der Waals surface area contributed by atoms with E-state index in [4.69, 9.17) is 0 Å². The van der Waals surface area contributed by atoms with E-state index in [1.165, 1.54) is 19.2 Å². The van der Waals surface area contributed by atoms with Gasteiger partial charge in [-0.05, 0) is 26.0 Å². The van der Waals surface area contributed by atoms with Gasteiger partial charge in [-0.1, -0.05) is 0 Å². The lowest BCUT2D eigenvalue weighted by molar-refractivity contribution is -0.295. The predicted molar refractivity (Wildman–Crippen MR) is 67.5 cm³/mol. The van der Waals surface area contributed by atoms with E-state index in [9.17, 15) is 31.1 Å². The summed E-state index contributed by atoms with van der Waals surface area (Å²) in [5.74, 6) is 0. The molecule has 0 unspecified atom stereocenters. The van der Waals surface area contributed by atoms with Gasteiger partial charge in [0.25, 0.3) is 0 Å². The highest BCUT2D eigenvalue weighted by atomic mass is 19.4. The normalized spacial score (nSPS) is 12.9. The molecular weight excluding hydrogens is 332 g/mol. The number of anilines is 1. The average Bonchev–Trinajstić information content (AvgIpc) is 2.35. The number of aromatic nitrogens is 1. The second-order valence-corrected chi connectivity index (χ2v) is 4.69. The van der Waals surface area contributed by atoms with Crippen LogP contribution in [0, 0.1) is 0 Å². The van der Waals surface area contributed by atoms with E-state index in [-0.39, 0.29) is 0 Å². The summed E-state index contributed by atoms with van der Waals surface area (Å²) < 4.78 is 83.4. The summed E-state index contributed by atoms with van der Waals surface area (Å²) in [7, 11) is 0. The van der Waals surface area contributed by atoms with Gasteiger partial charge in [-0.3, -0.25) is 10.3 Å². The predicted octanol–water partition coefficient (Wildman–Crippen LogP) is 3.45. The molecule has 0 bridgehead atoms. The number of alkyl halides is 6. The van der Waals surface area contributed by atoms with Crippen LogP contribution in [0.4, 0.5) is 36.8 Å². The van der Waals surface area contributed by atoms with Crippen LogP contribution in [0.2, 0.25) is 0 Å². The molecule has 0 fully saturated rings. The average molecular weight is 345 g/mol. The lowest BCUT2D eigenvalue weighted by Gasteiger charge is -2.38. The number of halogens is 6. The molecule has 0 spiro atoms. The highest BCUT2D eigenvalue weighted by Crippen LogP contribution is 2.43. The number of carbonyl (C=O) groups excluding carboxylic acids is 1. The molecular formula is C12H13F6N3O2. The Morgan fingerprint density at radius 3 is 2.13 bits per heavy atom. The lowest BCUT2D eigenvalue weighted by Crippen LogP contribution is -2.72. The molecule has 0 aliphatic carbocycles. The van der Waals surface area contributed by atoms with Gasteiger partial charge in [-0.25, -0.2) is 4.79 Å². The second kappa shape index (κ2) is 6.50. The summed E-state index contributed by atoms with van der Waals surface area (Å²) in [5.41, 5.74) is -5.32. The third-order valence-electron chi connectivity index (χ3n) is 2.48. The molecule has 1 amide bonds. The summed E-state index contributed by atoms with van der Waals surface area (Å²) in [6, 6.07) is 2.07. The lowest BCUT2D eigenvalue weighted by atomic mass is 10.1. The Bertz CT molecular complexity index is 516. The van der Waals surface area contributed by atoms with Gasteiger partial charge in [-0.15, -0.1) is 0 Å². The summed E-state index contributed by atoms with van der Waals surface area (Å²) in [4.78, 5) is 14.8. The van der Waals surface area contributed by atoms with Gasteiger partial charge >= 0.3 is 24.1 Å². The number of nitrogens with one attached hydrogen (secondary N) is 2. The first-order valence-electron chi connectivity index (χ1n) is 6.19. The first kappa shape index (κ1) is 18.8. The molecule has 0 atom stereocenters. The van der Waals surface area contributed by atoms with E-state index in [0.29, 0.717) is 0 Å². The molecule has 1 aromatic rings. The molecule has 2 N–H and O–H groups in total. The van der Waals surface area contributed by atoms with Gasteiger partial charge in [0.1, 0.15) is 0 Å². The van der Waals surface area contributed by atoms with Crippen molar-refractivity contribution in [1.29, 1.82) is 0 Å². The van der Waals surface area contributed by atoms with E-state index in [1.807, 2.05) is 0 Å². The summed E-state index contributed by atoms with van der Waals surface area (Å²) in [6.45, 7) is 2.55. The minimum atomic E-state index is -5.91. The number of carbonyl (C=O) groups is 1. The van der Waals surface area contributed by atoms with Crippen molar-refractivity contribution in [3.05, 3.63) is 24.5 Å². The van der Waals surface area contributed by atoms with Gasteiger partial charge in [-0.2, -0.15) is 26.3 Å². The number of nitrogens with zero attached hydrogens (tertiary/aromatic N) is 1. The first-order valence-corrected chi connectivity index (χ1v) is 6.19. The monoisotopic (exact) mass is 345 g/mol. The summed E-state index contributed by atoms with van der Waals surface area (Å²) >= 11 is 0. The largest absolute Gasteiger partial charge is 0.447 e. The van der Waals surface area contributed by atoms with Crippen LogP contribution in [0.15, 0.2) is 24.5 Å². The Hall–Kier alpha value is -2.20. The number of pyridine rings is 1. The third-order valence-corrected chi connectivity index (χ3v) is 2.48. The number of alkyl carbamates (subject to hydrolysis) is 1. The molecule has 11 heteroatoms. The number of hydrogen-bond acceptors (Lipinski definition) is 4. The van der Waals surface area contributed by atoms with Crippen molar-refractivity contribution in [1.82, 2.24) is 10.3 Å². The van der Waals surface area contributed by atoms with Crippen molar-refractivity contribution in [2.24, 2.45) is 0 Å². The van der Waals surface area contributed by atoms with Crippen molar-refractivity contribution in [3.8, 4) is 0 Å². The Kier molecular flexibility index (Phi) is 5.33. The molecule has 0 aromatic carbocycles. The Morgan fingerprint density at radius 1 is 1.17 bits per heavy atom. The van der Waals surface area contributed by atoms with Crippen molar-refractivity contribution in [3.63, 3.8) is 0 Å². The van der Waals surface area contributed by atoms with Crippen LogP contribution in [0.25, 0.3) is 0 Å².